The SMILES string of the molecule is C=CCn1c(SC2CCN(C)C2=O)nnc1-c1ccoc1C. The monoisotopic (exact) mass is 318 g/mol. The summed E-state index contributed by atoms with van der Waals surface area (Å²) in [5.41, 5.74) is 0.913. The van der Waals surface area contributed by atoms with Crippen LogP contribution in [0.15, 0.2) is 34.6 Å². The molecule has 3 rings (SSSR count). The largest absolute Gasteiger partial charge is 0.469 e. The predicted octanol–water partition coefficient (Wildman–Crippen LogP) is 2.36. The Morgan fingerprint density at radius 3 is 2.95 bits per heavy atom. The van der Waals surface area contributed by atoms with E-state index in [1.165, 1.54) is 11.8 Å². The van der Waals surface area contributed by atoms with Crippen LogP contribution in [0.4, 0.5) is 0 Å². The quantitative estimate of drug-likeness (QED) is 0.792. The van der Waals surface area contributed by atoms with Crippen LogP contribution in [0, 0.1) is 6.92 Å². The molecule has 1 fully saturated rings. The summed E-state index contributed by atoms with van der Waals surface area (Å²) in [5, 5.41) is 9.21. The average molecular weight is 318 g/mol. The molecule has 1 saturated heterocycles. The molecule has 2 aromatic heterocycles. The fourth-order valence-electron chi connectivity index (χ4n) is 2.51. The van der Waals surface area contributed by atoms with Gasteiger partial charge in [0.25, 0.3) is 0 Å². The van der Waals surface area contributed by atoms with Gasteiger partial charge in [-0.15, -0.1) is 16.8 Å². The van der Waals surface area contributed by atoms with E-state index in [0.717, 1.165) is 35.3 Å². The number of furan rings is 1. The number of amides is 1. The second-order valence-electron chi connectivity index (χ2n) is 5.25. The normalized spacial score (nSPS) is 18.2. The van der Waals surface area contributed by atoms with Crippen LogP contribution in [-0.4, -0.2) is 44.4 Å². The summed E-state index contributed by atoms with van der Waals surface area (Å²) in [6, 6.07) is 1.88. The molecule has 0 bridgehead atoms. The predicted molar refractivity (Wildman–Crippen MR) is 84.6 cm³/mol. The Morgan fingerprint density at radius 2 is 2.36 bits per heavy atom. The minimum atomic E-state index is -0.0870. The third kappa shape index (κ3) is 2.56. The lowest BCUT2D eigenvalue weighted by atomic mass is 10.2. The van der Waals surface area contributed by atoms with Crippen LogP contribution in [-0.2, 0) is 11.3 Å². The number of likely N-dealkylation sites (tertiary alicyclic amines) is 1. The molecule has 0 saturated carbocycles. The molecule has 0 spiro atoms. The Bertz CT molecular complexity index is 706. The van der Waals surface area contributed by atoms with Gasteiger partial charge >= 0.3 is 0 Å². The van der Waals surface area contributed by atoms with E-state index in [4.69, 9.17) is 4.42 Å². The highest BCUT2D eigenvalue weighted by Gasteiger charge is 2.32. The molecule has 0 N–H and O–H groups in total. The molecule has 1 aliphatic rings. The second-order valence-corrected chi connectivity index (χ2v) is 6.42. The Morgan fingerprint density at radius 1 is 1.55 bits per heavy atom. The first-order valence-corrected chi connectivity index (χ1v) is 8.00. The first-order chi connectivity index (χ1) is 10.6. The molecular formula is C15H18N4O2S. The fraction of sp³-hybridized carbons (Fsp3) is 0.400. The number of rotatable bonds is 5. The Labute approximate surface area is 133 Å². The van der Waals surface area contributed by atoms with Crippen LogP contribution < -0.4 is 0 Å². The van der Waals surface area contributed by atoms with E-state index >= 15 is 0 Å². The molecule has 6 nitrogen and oxygen atoms in total. The molecule has 0 radical (unpaired) electrons. The first-order valence-electron chi connectivity index (χ1n) is 7.12. The van der Waals surface area contributed by atoms with Crippen molar-refractivity contribution >= 4 is 17.7 Å². The second kappa shape index (κ2) is 6.00. The molecule has 0 aliphatic carbocycles. The summed E-state index contributed by atoms with van der Waals surface area (Å²) in [4.78, 5) is 13.8. The summed E-state index contributed by atoms with van der Waals surface area (Å²) < 4.78 is 7.32. The summed E-state index contributed by atoms with van der Waals surface area (Å²) in [5.74, 6) is 1.69. The van der Waals surface area contributed by atoms with Crippen molar-refractivity contribution in [2.75, 3.05) is 13.6 Å². The molecule has 1 amide bonds. The van der Waals surface area contributed by atoms with Gasteiger partial charge in [0.1, 0.15) is 5.76 Å². The maximum absolute atomic E-state index is 12.1. The number of thioether (sulfide) groups is 1. The van der Waals surface area contributed by atoms with Gasteiger partial charge in [-0.2, -0.15) is 0 Å². The highest BCUT2D eigenvalue weighted by Crippen LogP contribution is 2.32. The zero-order valence-corrected chi connectivity index (χ0v) is 13.5. The fourth-order valence-corrected chi connectivity index (χ4v) is 3.65. The summed E-state index contributed by atoms with van der Waals surface area (Å²) in [7, 11) is 1.83. The van der Waals surface area contributed by atoms with Gasteiger partial charge < -0.3 is 9.32 Å². The van der Waals surface area contributed by atoms with Crippen molar-refractivity contribution in [1.29, 1.82) is 0 Å². The van der Waals surface area contributed by atoms with Crippen LogP contribution in [0.3, 0.4) is 0 Å². The number of hydrogen-bond donors (Lipinski definition) is 0. The zero-order valence-electron chi connectivity index (χ0n) is 12.7. The van der Waals surface area contributed by atoms with Crippen molar-refractivity contribution < 1.29 is 9.21 Å². The smallest absolute Gasteiger partial charge is 0.235 e. The number of hydrogen-bond acceptors (Lipinski definition) is 5. The molecule has 1 aliphatic heterocycles. The van der Waals surface area contributed by atoms with Gasteiger partial charge in [-0.1, -0.05) is 17.8 Å². The lowest BCUT2D eigenvalue weighted by Crippen LogP contribution is -2.24. The molecule has 1 atom stereocenters. The van der Waals surface area contributed by atoms with Gasteiger partial charge in [-0.25, -0.2) is 0 Å². The molecule has 7 heteroatoms. The van der Waals surface area contributed by atoms with Crippen molar-refractivity contribution in [1.82, 2.24) is 19.7 Å². The zero-order chi connectivity index (χ0) is 15.7. The lowest BCUT2D eigenvalue weighted by molar-refractivity contribution is -0.126. The van der Waals surface area contributed by atoms with Crippen molar-refractivity contribution in [2.45, 2.75) is 30.3 Å². The number of allylic oxidation sites excluding steroid dienone is 1. The molecule has 116 valence electrons. The molecule has 3 heterocycles. The van der Waals surface area contributed by atoms with E-state index in [9.17, 15) is 4.79 Å². The van der Waals surface area contributed by atoms with E-state index in [1.807, 2.05) is 24.6 Å². The third-order valence-corrected chi connectivity index (χ3v) is 4.99. The number of carbonyl (C=O) groups is 1. The van der Waals surface area contributed by atoms with E-state index < -0.39 is 0 Å². The summed E-state index contributed by atoms with van der Waals surface area (Å²) in [6.07, 6.45) is 4.27. The van der Waals surface area contributed by atoms with E-state index in [-0.39, 0.29) is 11.2 Å². The van der Waals surface area contributed by atoms with Crippen LogP contribution in [0.2, 0.25) is 0 Å². The van der Waals surface area contributed by atoms with E-state index in [0.29, 0.717) is 6.54 Å². The molecule has 1 unspecified atom stereocenters. The molecule has 2 aromatic rings. The van der Waals surface area contributed by atoms with E-state index in [1.54, 1.807) is 17.2 Å². The highest BCUT2D eigenvalue weighted by atomic mass is 32.2. The maximum atomic E-state index is 12.1. The van der Waals surface area contributed by atoms with Gasteiger partial charge in [0, 0.05) is 20.1 Å². The Kier molecular flexibility index (Phi) is 4.06. The number of aryl methyl sites for hydroxylation is 1. The van der Waals surface area contributed by atoms with Crippen molar-refractivity contribution in [3.8, 4) is 11.4 Å². The van der Waals surface area contributed by atoms with Crippen LogP contribution in [0.1, 0.15) is 12.2 Å². The van der Waals surface area contributed by atoms with Crippen LogP contribution in [0.5, 0.6) is 0 Å². The minimum absolute atomic E-state index is 0.0870. The number of carbonyl (C=O) groups excluding carboxylic acids is 1. The van der Waals surface area contributed by atoms with E-state index in [2.05, 4.69) is 16.8 Å². The average Bonchev–Trinajstić information content (AvgIpc) is 3.16. The topological polar surface area (TPSA) is 64.2 Å². The van der Waals surface area contributed by atoms with Crippen LogP contribution >= 0.6 is 11.8 Å². The van der Waals surface area contributed by atoms with Gasteiger partial charge in [0.05, 0.1) is 17.1 Å². The van der Waals surface area contributed by atoms with Crippen molar-refractivity contribution in [2.24, 2.45) is 0 Å². The maximum Gasteiger partial charge on any atom is 0.235 e. The van der Waals surface area contributed by atoms with Crippen LogP contribution in [0.25, 0.3) is 11.4 Å². The first kappa shape index (κ1) is 14.9. The lowest BCUT2D eigenvalue weighted by Gasteiger charge is -2.11. The Balaban J connectivity index is 1.92. The third-order valence-electron chi connectivity index (χ3n) is 3.75. The summed E-state index contributed by atoms with van der Waals surface area (Å²) in [6.45, 7) is 7.07. The number of aromatic nitrogens is 3. The molecule has 22 heavy (non-hydrogen) atoms. The number of nitrogens with zero attached hydrogens (tertiary/aromatic N) is 4. The van der Waals surface area contributed by atoms with Crippen molar-refractivity contribution in [3.63, 3.8) is 0 Å². The van der Waals surface area contributed by atoms with Gasteiger partial charge in [0.2, 0.25) is 5.91 Å². The van der Waals surface area contributed by atoms with Crippen molar-refractivity contribution in [3.05, 3.63) is 30.7 Å². The minimum Gasteiger partial charge on any atom is -0.469 e. The van der Waals surface area contributed by atoms with Gasteiger partial charge in [-0.05, 0) is 19.4 Å². The summed E-state index contributed by atoms with van der Waals surface area (Å²) >= 11 is 1.47. The van der Waals surface area contributed by atoms with Gasteiger partial charge in [-0.3, -0.25) is 9.36 Å². The Hall–Kier alpha value is -2.02. The van der Waals surface area contributed by atoms with Gasteiger partial charge in [0.15, 0.2) is 11.0 Å². The standard InChI is InChI=1S/C15H18N4O2S/c1-4-7-19-13(11-6-9-21-10(11)2)16-17-15(19)22-12-5-8-18(3)14(12)20/h4,6,9,12H,1,5,7-8H2,2-3H3. The molecule has 0 aromatic carbocycles. The highest BCUT2D eigenvalue weighted by molar-refractivity contribution is 8.00. The molecular weight excluding hydrogens is 300 g/mol.